The van der Waals surface area contributed by atoms with Gasteiger partial charge in [0, 0.05) is 13.0 Å². The van der Waals surface area contributed by atoms with Gasteiger partial charge in [0.2, 0.25) is 0 Å². The van der Waals surface area contributed by atoms with Crippen LogP contribution < -0.4 is 0 Å². The fourth-order valence-corrected chi connectivity index (χ4v) is 2.20. The van der Waals surface area contributed by atoms with Crippen LogP contribution in [0.3, 0.4) is 0 Å². The molecule has 0 radical (unpaired) electrons. The highest BCUT2D eigenvalue weighted by atomic mass is 19.1. The van der Waals surface area contributed by atoms with Crippen LogP contribution in [0.2, 0.25) is 0 Å². The summed E-state index contributed by atoms with van der Waals surface area (Å²) in [6.07, 6.45) is 5.92. The van der Waals surface area contributed by atoms with Crippen molar-refractivity contribution in [2.45, 2.75) is 79.8 Å². The van der Waals surface area contributed by atoms with Crippen LogP contribution >= 0.6 is 0 Å². The van der Waals surface area contributed by atoms with Gasteiger partial charge in [0.25, 0.3) is 0 Å². The summed E-state index contributed by atoms with van der Waals surface area (Å²) in [7, 11) is 0. The molecular weight excluding hydrogens is 239 g/mol. The first-order valence-corrected chi connectivity index (χ1v) is 7.94. The van der Waals surface area contributed by atoms with Crippen LogP contribution in [0.25, 0.3) is 0 Å². The van der Waals surface area contributed by atoms with E-state index in [-0.39, 0.29) is 5.83 Å². The lowest BCUT2D eigenvalue weighted by molar-refractivity contribution is 0.000267. The molecule has 2 heteroatoms. The quantitative estimate of drug-likeness (QED) is 0.533. The zero-order chi connectivity index (χ0) is 14.8. The molecule has 0 aromatic carbocycles. The molecule has 1 fully saturated rings. The molecule has 0 amide bonds. The Morgan fingerprint density at radius 3 is 2.00 bits per heavy atom. The molecule has 3 unspecified atom stereocenters. The molecule has 19 heavy (non-hydrogen) atoms. The zero-order valence-corrected chi connectivity index (χ0v) is 13.8. The Hall–Kier alpha value is -0.370. The molecule has 2 aliphatic rings. The molecule has 1 aliphatic heterocycles. The van der Waals surface area contributed by atoms with Crippen molar-refractivity contribution in [2.24, 2.45) is 11.8 Å². The molecule has 1 nitrogen and oxygen atoms in total. The Morgan fingerprint density at radius 1 is 1.00 bits per heavy atom. The van der Waals surface area contributed by atoms with Crippen molar-refractivity contribution in [3.63, 3.8) is 0 Å². The summed E-state index contributed by atoms with van der Waals surface area (Å²) in [4.78, 5) is 0. The molecule has 114 valence electrons. The number of allylic oxidation sites excluding steroid dienone is 2. The number of halogens is 1. The molecule has 2 rings (SSSR count). The third-order valence-corrected chi connectivity index (χ3v) is 3.73. The summed E-state index contributed by atoms with van der Waals surface area (Å²) in [6.45, 7) is 13.4. The van der Waals surface area contributed by atoms with E-state index in [9.17, 15) is 4.39 Å². The van der Waals surface area contributed by atoms with E-state index in [0.29, 0.717) is 18.4 Å². The smallest absolute Gasteiger partial charge is 0.0991 e. The van der Waals surface area contributed by atoms with Crippen LogP contribution in [0.1, 0.15) is 73.6 Å². The van der Waals surface area contributed by atoms with Gasteiger partial charge in [-0.25, -0.2) is 4.39 Å². The average Bonchev–Trinajstić information content (AvgIpc) is 2.41. The van der Waals surface area contributed by atoms with Crippen molar-refractivity contribution in [2.75, 3.05) is 6.61 Å². The molecule has 1 heterocycles. The van der Waals surface area contributed by atoms with Gasteiger partial charge in [-0.15, -0.1) is 0 Å². The van der Waals surface area contributed by atoms with E-state index in [0.717, 1.165) is 24.5 Å². The van der Waals surface area contributed by atoms with Crippen molar-refractivity contribution in [3.8, 4) is 0 Å². The van der Waals surface area contributed by atoms with Crippen molar-refractivity contribution in [1.82, 2.24) is 0 Å². The first kappa shape index (κ1) is 18.6. The van der Waals surface area contributed by atoms with Crippen molar-refractivity contribution in [3.05, 3.63) is 11.4 Å². The van der Waals surface area contributed by atoms with Crippen LogP contribution in [0.4, 0.5) is 4.39 Å². The van der Waals surface area contributed by atoms with Crippen LogP contribution in [0, 0.1) is 11.8 Å². The van der Waals surface area contributed by atoms with Crippen LogP contribution in [0.5, 0.6) is 0 Å². The molecule has 0 N–H and O–H groups in total. The van der Waals surface area contributed by atoms with E-state index in [1.807, 2.05) is 20.8 Å². The van der Waals surface area contributed by atoms with Gasteiger partial charge in [0.1, 0.15) is 0 Å². The van der Waals surface area contributed by atoms with E-state index >= 15 is 0 Å². The lowest BCUT2D eigenvalue weighted by Gasteiger charge is -2.23. The first-order chi connectivity index (χ1) is 8.99. The second-order valence-electron chi connectivity index (χ2n) is 5.86. The summed E-state index contributed by atoms with van der Waals surface area (Å²) in [5.41, 5.74) is 0.966. The number of hydrogen-bond donors (Lipinski definition) is 0. The average molecular weight is 272 g/mol. The van der Waals surface area contributed by atoms with Crippen LogP contribution in [-0.4, -0.2) is 12.7 Å². The SMILES string of the molecule is CC.CC1=C(F)CC(C)CC1.CC1CCC(C)OC1. The minimum absolute atomic E-state index is 0.133. The maximum absolute atomic E-state index is 12.7. The van der Waals surface area contributed by atoms with Gasteiger partial charge in [-0.1, -0.05) is 27.7 Å². The summed E-state index contributed by atoms with van der Waals surface area (Å²) in [5.74, 6) is 1.49. The van der Waals surface area contributed by atoms with Crippen molar-refractivity contribution >= 4 is 0 Å². The maximum atomic E-state index is 12.7. The normalized spacial score (nSPS) is 30.8. The van der Waals surface area contributed by atoms with Gasteiger partial charge < -0.3 is 4.74 Å². The van der Waals surface area contributed by atoms with Crippen LogP contribution in [-0.2, 0) is 4.74 Å². The first-order valence-electron chi connectivity index (χ1n) is 7.94. The Kier molecular flexibility index (Phi) is 10.2. The van der Waals surface area contributed by atoms with E-state index in [1.165, 1.54) is 19.3 Å². The maximum Gasteiger partial charge on any atom is 0.0991 e. The predicted octanol–water partition coefficient (Wildman–Crippen LogP) is 5.90. The molecule has 0 saturated carbocycles. The Balaban J connectivity index is 0.000000303. The standard InChI is InChI=1S/C8H13F.C7H14O.C2H6/c1-6-3-4-7(2)8(9)5-6;1-6-3-4-7(2)8-5-6;1-2/h6H,3-5H2,1-2H3;6-7H,3-5H2,1-2H3;1-2H3. The fraction of sp³-hybridized carbons (Fsp3) is 0.882. The molecule has 0 bridgehead atoms. The lowest BCUT2D eigenvalue weighted by atomic mass is 9.91. The number of hydrogen-bond acceptors (Lipinski definition) is 1. The second-order valence-corrected chi connectivity index (χ2v) is 5.86. The van der Waals surface area contributed by atoms with Crippen LogP contribution in [0.15, 0.2) is 11.4 Å². The third kappa shape index (κ3) is 8.41. The van der Waals surface area contributed by atoms with E-state index in [2.05, 4.69) is 20.8 Å². The third-order valence-electron chi connectivity index (χ3n) is 3.73. The highest BCUT2D eigenvalue weighted by Gasteiger charge is 2.14. The Bertz CT molecular complexity index is 242. The molecule has 1 saturated heterocycles. The van der Waals surface area contributed by atoms with Crippen molar-refractivity contribution in [1.29, 1.82) is 0 Å². The highest BCUT2D eigenvalue weighted by molar-refractivity contribution is 5.08. The minimum Gasteiger partial charge on any atom is -0.378 e. The van der Waals surface area contributed by atoms with Crippen molar-refractivity contribution < 1.29 is 9.13 Å². The molecule has 3 atom stereocenters. The topological polar surface area (TPSA) is 9.23 Å². The molecular formula is C17H33FO. The van der Waals surface area contributed by atoms with Gasteiger partial charge in [-0.3, -0.25) is 0 Å². The molecule has 1 aliphatic carbocycles. The summed E-state index contributed by atoms with van der Waals surface area (Å²) in [6, 6.07) is 0. The summed E-state index contributed by atoms with van der Waals surface area (Å²) in [5, 5.41) is 0. The van der Waals surface area contributed by atoms with E-state index < -0.39 is 0 Å². The predicted molar refractivity (Wildman–Crippen MR) is 82.0 cm³/mol. The van der Waals surface area contributed by atoms with Gasteiger partial charge in [-0.2, -0.15) is 0 Å². The van der Waals surface area contributed by atoms with E-state index in [4.69, 9.17) is 4.74 Å². The highest BCUT2D eigenvalue weighted by Crippen LogP contribution is 2.29. The largest absolute Gasteiger partial charge is 0.378 e. The molecule has 0 aromatic rings. The molecule has 0 spiro atoms. The number of ether oxygens (including phenoxy) is 1. The lowest BCUT2D eigenvalue weighted by Crippen LogP contribution is -2.21. The van der Waals surface area contributed by atoms with Gasteiger partial charge >= 0.3 is 0 Å². The van der Waals surface area contributed by atoms with Gasteiger partial charge in [0.05, 0.1) is 11.9 Å². The van der Waals surface area contributed by atoms with Gasteiger partial charge in [0.15, 0.2) is 0 Å². The summed E-state index contributed by atoms with van der Waals surface area (Å²) >= 11 is 0. The zero-order valence-electron chi connectivity index (χ0n) is 13.8. The minimum atomic E-state index is 0.133. The molecule has 0 aromatic heterocycles. The fourth-order valence-electron chi connectivity index (χ4n) is 2.20. The Morgan fingerprint density at radius 2 is 1.63 bits per heavy atom. The summed E-state index contributed by atoms with van der Waals surface area (Å²) < 4.78 is 18.1. The Labute approximate surface area is 119 Å². The number of rotatable bonds is 0. The van der Waals surface area contributed by atoms with Gasteiger partial charge in [-0.05, 0) is 56.9 Å². The second kappa shape index (κ2) is 10.4. The monoisotopic (exact) mass is 272 g/mol. The van der Waals surface area contributed by atoms with E-state index in [1.54, 1.807) is 0 Å².